The van der Waals surface area contributed by atoms with Gasteiger partial charge < -0.3 is 19.9 Å². The Morgan fingerprint density at radius 3 is 2.78 bits per heavy atom. The van der Waals surface area contributed by atoms with Crippen molar-refractivity contribution in [3.63, 3.8) is 0 Å². The molecule has 1 aromatic rings. The van der Waals surface area contributed by atoms with E-state index in [-0.39, 0.29) is 12.5 Å². The summed E-state index contributed by atoms with van der Waals surface area (Å²) in [5.74, 6) is 0.640. The van der Waals surface area contributed by atoms with Crippen LogP contribution in [0.3, 0.4) is 0 Å². The molecule has 100 valence electrons. The molecule has 2 heterocycles. The molecule has 2 N–H and O–H groups in total. The first kappa shape index (κ1) is 13.0. The molecule has 1 aliphatic heterocycles. The van der Waals surface area contributed by atoms with Crippen LogP contribution in [0.15, 0.2) is 4.52 Å². The Morgan fingerprint density at radius 2 is 2.28 bits per heavy atom. The highest BCUT2D eigenvalue weighted by molar-refractivity contribution is 5.86. The van der Waals surface area contributed by atoms with E-state index in [0.29, 0.717) is 19.6 Å². The van der Waals surface area contributed by atoms with E-state index in [2.05, 4.69) is 5.16 Å². The van der Waals surface area contributed by atoms with Gasteiger partial charge in [-0.1, -0.05) is 5.16 Å². The minimum absolute atomic E-state index is 0.0972. The molecule has 1 atom stereocenters. The summed E-state index contributed by atoms with van der Waals surface area (Å²) >= 11 is 0. The van der Waals surface area contributed by atoms with Gasteiger partial charge in [0.15, 0.2) is 0 Å². The second kappa shape index (κ2) is 4.70. The lowest BCUT2D eigenvalue weighted by Crippen LogP contribution is -2.54. The van der Waals surface area contributed by atoms with Crippen LogP contribution in [0, 0.1) is 13.8 Å². The van der Waals surface area contributed by atoms with Gasteiger partial charge in [0.05, 0.1) is 18.8 Å². The van der Waals surface area contributed by atoms with Gasteiger partial charge in [-0.2, -0.15) is 0 Å². The minimum Gasteiger partial charge on any atom is -0.379 e. The van der Waals surface area contributed by atoms with Gasteiger partial charge in [0.2, 0.25) is 5.91 Å². The molecule has 0 aromatic carbocycles. The van der Waals surface area contributed by atoms with Gasteiger partial charge in [0, 0.05) is 19.2 Å². The second-order valence-electron chi connectivity index (χ2n) is 4.92. The molecule has 2 rings (SSSR count). The number of rotatable bonds is 3. The van der Waals surface area contributed by atoms with Crippen LogP contribution in [-0.4, -0.2) is 41.8 Å². The normalized spacial score (nSPS) is 23.3. The summed E-state index contributed by atoms with van der Waals surface area (Å²) in [6.45, 7) is 4.99. The first-order chi connectivity index (χ1) is 8.44. The molecule has 1 saturated heterocycles. The van der Waals surface area contributed by atoms with E-state index >= 15 is 0 Å². The third-order valence-corrected chi connectivity index (χ3v) is 3.40. The summed E-state index contributed by atoms with van der Waals surface area (Å²) in [7, 11) is 1.74. The molecule has 1 fully saturated rings. The predicted octanol–water partition coefficient (Wildman–Crippen LogP) is 0.368. The standard InChI is InChI=1S/C12H19N3O3/c1-8-10(9(2)18-14-8)6-15(3)11(16)12(13)4-5-17-7-12/h4-7,13H2,1-3H3. The molecule has 0 aliphatic carbocycles. The van der Waals surface area contributed by atoms with Crippen LogP contribution in [-0.2, 0) is 16.1 Å². The van der Waals surface area contributed by atoms with Crippen LogP contribution in [0.25, 0.3) is 0 Å². The number of aryl methyl sites for hydroxylation is 2. The summed E-state index contributed by atoms with van der Waals surface area (Å²) < 4.78 is 10.3. The quantitative estimate of drug-likeness (QED) is 0.841. The van der Waals surface area contributed by atoms with E-state index in [1.165, 1.54) is 0 Å². The van der Waals surface area contributed by atoms with Gasteiger partial charge in [0.1, 0.15) is 11.3 Å². The van der Waals surface area contributed by atoms with E-state index < -0.39 is 5.54 Å². The van der Waals surface area contributed by atoms with E-state index in [4.69, 9.17) is 15.0 Å². The van der Waals surface area contributed by atoms with Gasteiger partial charge in [-0.05, 0) is 20.3 Å². The molecular formula is C12H19N3O3. The fourth-order valence-corrected chi connectivity index (χ4v) is 2.17. The molecule has 18 heavy (non-hydrogen) atoms. The number of aromatic nitrogens is 1. The smallest absolute Gasteiger partial charge is 0.245 e. The van der Waals surface area contributed by atoms with Crippen molar-refractivity contribution in [2.45, 2.75) is 32.4 Å². The highest BCUT2D eigenvalue weighted by atomic mass is 16.5. The molecule has 0 spiro atoms. The fourth-order valence-electron chi connectivity index (χ4n) is 2.17. The molecule has 6 heteroatoms. The minimum atomic E-state index is -0.881. The summed E-state index contributed by atoms with van der Waals surface area (Å²) in [6.07, 6.45) is 0.567. The zero-order valence-corrected chi connectivity index (χ0v) is 11.0. The van der Waals surface area contributed by atoms with Crippen molar-refractivity contribution in [1.82, 2.24) is 10.1 Å². The average molecular weight is 253 g/mol. The van der Waals surface area contributed by atoms with Crippen molar-refractivity contribution in [2.24, 2.45) is 5.73 Å². The van der Waals surface area contributed by atoms with Crippen molar-refractivity contribution in [3.05, 3.63) is 17.0 Å². The highest BCUT2D eigenvalue weighted by Gasteiger charge is 2.40. The molecule has 0 saturated carbocycles. The lowest BCUT2D eigenvalue weighted by molar-refractivity contribution is -0.136. The van der Waals surface area contributed by atoms with E-state index in [1.54, 1.807) is 11.9 Å². The topological polar surface area (TPSA) is 81.6 Å². The number of ether oxygens (including phenoxy) is 1. The highest BCUT2D eigenvalue weighted by Crippen LogP contribution is 2.20. The summed E-state index contributed by atoms with van der Waals surface area (Å²) in [4.78, 5) is 13.9. The average Bonchev–Trinajstić information content (AvgIpc) is 2.90. The van der Waals surface area contributed by atoms with E-state index in [0.717, 1.165) is 17.0 Å². The van der Waals surface area contributed by atoms with Gasteiger partial charge in [-0.15, -0.1) is 0 Å². The van der Waals surface area contributed by atoms with Crippen molar-refractivity contribution in [1.29, 1.82) is 0 Å². The number of likely N-dealkylation sites (N-methyl/N-ethyl adjacent to an activating group) is 1. The molecule has 1 unspecified atom stereocenters. The molecule has 1 aromatic heterocycles. The predicted molar refractivity (Wildman–Crippen MR) is 64.8 cm³/mol. The van der Waals surface area contributed by atoms with Crippen molar-refractivity contribution in [3.8, 4) is 0 Å². The number of carbonyl (C=O) groups is 1. The molecule has 1 aliphatic rings. The third kappa shape index (κ3) is 2.26. The molecule has 0 radical (unpaired) electrons. The number of hydrogen-bond acceptors (Lipinski definition) is 5. The Morgan fingerprint density at radius 1 is 1.56 bits per heavy atom. The summed E-state index contributed by atoms with van der Waals surface area (Å²) in [5, 5.41) is 3.87. The van der Waals surface area contributed by atoms with Crippen LogP contribution in [0.5, 0.6) is 0 Å². The zero-order valence-electron chi connectivity index (χ0n) is 11.0. The number of amides is 1. The number of nitrogens with two attached hydrogens (primary N) is 1. The summed E-state index contributed by atoms with van der Waals surface area (Å²) in [5.41, 5.74) is 6.92. The first-order valence-electron chi connectivity index (χ1n) is 5.98. The lowest BCUT2D eigenvalue weighted by atomic mass is 9.98. The van der Waals surface area contributed by atoms with Crippen molar-refractivity contribution >= 4 is 5.91 Å². The second-order valence-corrected chi connectivity index (χ2v) is 4.92. The van der Waals surface area contributed by atoms with Gasteiger partial charge >= 0.3 is 0 Å². The van der Waals surface area contributed by atoms with Crippen LogP contribution in [0.4, 0.5) is 0 Å². The first-order valence-corrected chi connectivity index (χ1v) is 5.98. The molecular weight excluding hydrogens is 234 g/mol. The van der Waals surface area contributed by atoms with Crippen molar-refractivity contribution in [2.75, 3.05) is 20.3 Å². The molecule has 0 bridgehead atoms. The Bertz CT molecular complexity index is 430. The number of carbonyl (C=O) groups excluding carboxylic acids is 1. The van der Waals surface area contributed by atoms with Gasteiger partial charge in [-0.3, -0.25) is 4.79 Å². The fraction of sp³-hybridized carbons (Fsp3) is 0.667. The summed E-state index contributed by atoms with van der Waals surface area (Å²) in [6, 6.07) is 0. The Balaban J connectivity index is 2.08. The largest absolute Gasteiger partial charge is 0.379 e. The van der Waals surface area contributed by atoms with Crippen LogP contribution < -0.4 is 5.73 Å². The Kier molecular flexibility index (Phi) is 3.41. The van der Waals surface area contributed by atoms with E-state index in [1.807, 2.05) is 13.8 Å². The van der Waals surface area contributed by atoms with Crippen LogP contribution in [0.1, 0.15) is 23.4 Å². The lowest BCUT2D eigenvalue weighted by Gasteiger charge is -2.27. The Hall–Kier alpha value is -1.40. The Labute approximate surface area is 106 Å². The van der Waals surface area contributed by atoms with Crippen LogP contribution >= 0.6 is 0 Å². The van der Waals surface area contributed by atoms with Crippen molar-refractivity contribution < 1.29 is 14.1 Å². The molecule has 6 nitrogen and oxygen atoms in total. The third-order valence-electron chi connectivity index (χ3n) is 3.40. The van der Waals surface area contributed by atoms with Crippen LogP contribution in [0.2, 0.25) is 0 Å². The maximum absolute atomic E-state index is 12.3. The van der Waals surface area contributed by atoms with Gasteiger partial charge in [0.25, 0.3) is 0 Å². The van der Waals surface area contributed by atoms with E-state index in [9.17, 15) is 4.79 Å². The van der Waals surface area contributed by atoms with Gasteiger partial charge in [-0.25, -0.2) is 0 Å². The maximum Gasteiger partial charge on any atom is 0.245 e. The SMILES string of the molecule is Cc1noc(C)c1CN(C)C(=O)C1(N)CCOC1. The monoisotopic (exact) mass is 253 g/mol. The zero-order chi connectivity index (χ0) is 13.3. The number of nitrogens with zero attached hydrogens (tertiary/aromatic N) is 2. The number of hydrogen-bond donors (Lipinski definition) is 1. The maximum atomic E-state index is 12.3. The molecule has 1 amide bonds.